The van der Waals surface area contributed by atoms with Gasteiger partial charge in [0.25, 0.3) is 11.8 Å². The monoisotopic (exact) mass is 1020 g/mol. The number of carbonyl (C=O) groups excluding carboxylic acids is 3. The number of fused-ring (bicyclic) bond motifs is 4. The Labute approximate surface area is 433 Å². The van der Waals surface area contributed by atoms with Crippen LogP contribution in [0.5, 0.6) is 28.7 Å². The third-order valence-corrected chi connectivity index (χ3v) is 13.6. The Hall–Kier alpha value is -5.93. The van der Waals surface area contributed by atoms with E-state index in [0.717, 1.165) is 12.8 Å². The first kappa shape index (κ1) is 54.8. The molecule has 3 aromatic rings. The Morgan fingerprint density at radius 1 is 0.699 bits per heavy atom. The van der Waals surface area contributed by atoms with Crippen LogP contribution in [0.1, 0.15) is 79.1 Å². The molecule has 2 fully saturated rings. The average molecular weight is 1020 g/mol. The second-order valence-corrected chi connectivity index (χ2v) is 19.7. The molecule has 4 aliphatic rings. The van der Waals surface area contributed by atoms with E-state index in [4.69, 9.17) is 64.7 Å². The smallest absolute Gasteiger partial charge is 0.257 e. The molecule has 7 rings (SSSR count). The number of methoxy groups -OCH3 is 3. The number of ether oxygens (including phenoxy) is 9. The minimum absolute atomic E-state index is 0.0261. The van der Waals surface area contributed by atoms with Crippen molar-refractivity contribution in [1.29, 1.82) is 0 Å². The van der Waals surface area contributed by atoms with E-state index >= 15 is 0 Å². The first-order chi connectivity index (χ1) is 35.4. The van der Waals surface area contributed by atoms with Gasteiger partial charge in [-0.1, -0.05) is 23.3 Å². The van der Waals surface area contributed by atoms with E-state index in [9.17, 15) is 14.4 Å². The lowest BCUT2D eigenvalue weighted by molar-refractivity contribution is -0.133. The number of amides is 3. The summed E-state index contributed by atoms with van der Waals surface area (Å²) in [5, 5.41) is 0. The fourth-order valence-electron chi connectivity index (χ4n) is 8.75. The molecule has 5 heterocycles. The fraction of sp³-hybridized carbons (Fsp3) is 0.509. The first-order valence-electron chi connectivity index (χ1n) is 24.6. The second-order valence-electron chi connectivity index (χ2n) is 18.4. The third kappa shape index (κ3) is 14.4. The highest BCUT2D eigenvalue weighted by Gasteiger charge is 2.36. The fourth-order valence-corrected chi connectivity index (χ4v) is 8.98. The van der Waals surface area contributed by atoms with Crippen molar-refractivity contribution in [3.63, 3.8) is 0 Å². The van der Waals surface area contributed by atoms with Crippen LogP contribution >= 0.6 is 11.6 Å². The van der Waals surface area contributed by atoms with Gasteiger partial charge in [-0.2, -0.15) is 0 Å². The van der Waals surface area contributed by atoms with Crippen LogP contribution in [0.15, 0.2) is 69.7 Å². The average Bonchev–Trinajstić information content (AvgIpc) is 3.97. The highest BCUT2D eigenvalue weighted by molar-refractivity contribution is 8.20. The van der Waals surface area contributed by atoms with Crippen molar-refractivity contribution in [1.82, 2.24) is 19.7 Å². The van der Waals surface area contributed by atoms with Gasteiger partial charge in [0, 0.05) is 68.2 Å². The van der Waals surface area contributed by atoms with Crippen LogP contribution in [0.4, 0.5) is 11.4 Å². The van der Waals surface area contributed by atoms with Gasteiger partial charge < -0.3 is 57.3 Å². The summed E-state index contributed by atoms with van der Waals surface area (Å²) in [5.41, 5.74) is 5.16. The van der Waals surface area contributed by atoms with E-state index < -0.39 is 4.75 Å². The van der Waals surface area contributed by atoms with E-state index in [1.54, 1.807) is 48.4 Å². The summed E-state index contributed by atoms with van der Waals surface area (Å²) in [5.74, 6) is 1.56. The topological polar surface area (TPSA) is 182 Å². The number of nitrogens with zero attached hydrogens (tertiary/aromatic N) is 6. The maximum Gasteiger partial charge on any atom is 0.257 e. The highest BCUT2D eigenvalue weighted by Crippen LogP contribution is 2.41. The Morgan fingerprint density at radius 2 is 1.19 bits per heavy atom. The van der Waals surface area contributed by atoms with Crippen molar-refractivity contribution >= 4 is 60.3 Å². The van der Waals surface area contributed by atoms with Gasteiger partial charge in [0.15, 0.2) is 30.1 Å². The van der Waals surface area contributed by atoms with Gasteiger partial charge in [0.1, 0.15) is 25.6 Å². The zero-order valence-electron chi connectivity index (χ0n) is 43.0. The molecule has 2 atom stereocenters. The number of pyridine rings is 1. The van der Waals surface area contributed by atoms with Crippen LogP contribution < -0.4 is 23.7 Å². The molecule has 73 heavy (non-hydrogen) atoms. The van der Waals surface area contributed by atoms with Crippen molar-refractivity contribution in [2.24, 2.45) is 9.98 Å². The minimum Gasteiger partial charge on any atom is -0.493 e. The third-order valence-electron chi connectivity index (χ3n) is 12.8. The van der Waals surface area contributed by atoms with Crippen molar-refractivity contribution in [2.45, 2.75) is 77.0 Å². The van der Waals surface area contributed by atoms with Crippen molar-refractivity contribution < 1.29 is 57.0 Å². The maximum absolute atomic E-state index is 13.8. The van der Waals surface area contributed by atoms with E-state index in [-0.39, 0.29) is 69.2 Å². The van der Waals surface area contributed by atoms with E-state index in [0.29, 0.717) is 122 Å². The number of hydrogen-bond acceptors (Lipinski definition) is 16. The van der Waals surface area contributed by atoms with Crippen LogP contribution in [-0.2, 0) is 37.0 Å². The molecular weight excluding hydrogens is 955 g/mol. The maximum atomic E-state index is 13.8. The molecule has 1 unspecified atom stereocenters. The van der Waals surface area contributed by atoms with Crippen molar-refractivity contribution in [2.75, 3.05) is 100 Å². The Kier molecular flexibility index (Phi) is 19.8. The predicted octanol–water partition coefficient (Wildman–Crippen LogP) is 6.90. The number of carbonyl (C=O) groups is 3. The predicted molar refractivity (Wildman–Crippen MR) is 280 cm³/mol. The van der Waals surface area contributed by atoms with Crippen molar-refractivity contribution in [3.8, 4) is 28.7 Å². The lowest BCUT2D eigenvalue weighted by Gasteiger charge is -2.32. The number of aromatic nitrogens is 1. The van der Waals surface area contributed by atoms with E-state index in [1.165, 1.54) is 37.0 Å². The van der Waals surface area contributed by atoms with Crippen LogP contribution in [0.2, 0.25) is 0 Å². The Balaban J connectivity index is 1.07. The molecule has 2 radical (unpaired) electrons. The van der Waals surface area contributed by atoms with Crippen LogP contribution in [0.3, 0.4) is 0 Å². The van der Waals surface area contributed by atoms with Gasteiger partial charge in [-0.25, -0.2) is 11.6 Å². The summed E-state index contributed by atoms with van der Waals surface area (Å²) < 4.78 is 51.9. The van der Waals surface area contributed by atoms with Gasteiger partial charge in [0.2, 0.25) is 5.91 Å². The molecule has 0 bridgehead atoms. The van der Waals surface area contributed by atoms with Gasteiger partial charge in [-0.3, -0.25) is 29.4 Å². The molecule has 0 N–H and O–H groups in total. The standard InChI is InChI=1S/C53H67BN6O12S/c1-8-35-20-39-28-55-44-26-48(46(65-6)24-42(44)51(62)59(39)30-35)71-32-37-22-41(70-13-11-58(34-53(3,4)73-54)50(61)10-12-67-16-17-69-19-18-68-15-14-64-5)23-38(57-37)33-72-49-27-45-43(25-47(49)66-7)52(63)60-31-36(9-2)21-40(60)29-56-45/h8-9,22-29,39-40H,10-21,30-34H2,1-7H3/b35-8+,36-9+/t39-,40?/m0/s1. The summed E-state index contributed by atoms with van der Waals surface area (Å²) in [6.45, 7) is 12.6. The summed E-state index contributed by atoms with van der Waals surface area (Å²) in [7, 11) is 10.7. The second kappa shape index (κ2) is 26.3. The quantitative estimate of drug-likeness (QED) is 0.0437. The van der Waals surface area contributed by atoms with Gasteiger partial charge in [0.05, 0.1) is 119 Å². The molecule has 1 aromatic heterocycles. The molecule has 2 aromatic carbocycles. The molecular formula is C53H67BN6O12S. The van der Waals surface area contributed by atoms with E-state index in [1.807, 2.05) is 62.1 Å². The molecule has 0 spiro atoms. The highest BCUT2D eigenvalue weighted by atomic mass is 32.2. The Morgan fingerprint density at radius 3 is 1.66 bits per heavy atom. The number of allylic oxidation sites excluding steroid dienone is 2. The van der Waals surface area contributed by atoms with Gasteiger partial charge >= 0.3 is 0 Å². The normalized spacial score (nSPS) is 18.1. The molecule has 0 saturated carbocycles. The van der Waals surface area contributed by atoms with Gasteiger partial charge in [-0.15, -0.1) is 0 Å². The summed E-state index contributed by atoms with van der Waals surface area (Å²) in [4.78, 5) is 60.9. The van der Waals surface area contributed by atoms with Crippen LogP contribution in [-0.4, -0.2) is 174 Å². The van der Waals surface area contributed by atoms with Gasteiger partial charge in [-0.05, 0) is 52.7 Å². The Bertz CT molecular complexity index is 2420. The summed E-state index contributed by atoms with van der Waals surface area (Å²) in [6, 6.07) is 10.0. The summed E-state index contributed by atoms with van der Waals surface area (Å²) in [6.07, 6.45) is 9.36. The number of rotatable bonds is 27. The minimum atomic E-state index is -0.439. The number of benzene rings is 2. The lowest BCUT2D eigenvalue weighted by Crippen LogP contribution is -2.43. The van der Waals surface area contributed by atoms with Crippen LogP contribution in [0.25, 0.3) is 0 Å². The molecule has 0 aliphatic carbocycles. The molecule has 2 saturated heterocycles. The first-order valence-corrected chi connectivity index (χ1v) is 25.4. The van der Waals surface area contributed by atoms with E-state index in [2.05, 4.69) is 0 Å². The molecule has 3 amide bonds. The zero-order valence-corrected chi connectivity index (χ0v) is 43.8. The molecule has 4 aliphatic heterocycles. The summed E-state index contributed by atoms with van der Waals surface area (Å²) >= 11 is 1.18. The zero-order chi connectivity index (χ0) is 51.9. The molecule has 20 heteroatoms. The molecule has 18 nitrogen and oxygen atoms in total. The molecule has 390 valence electrons. The SMILES string of the molecule is [B]SC(C)(C)CN(CCOc1cc(COc2cc3c(cc2OC)C(=O)N2C/C(=C/C)CC2C=N3)nc(COc2cc3c(cc2OC)C(=O)N2C/C(=C/C)C[C@H]2C=N3)c1)C(=O)CCOCCOCCOCCOC. The number of hydrogen-bond donors (Lipinski definition) is 0. The van der Waals surface area contributed by atoms with Crippen LogP contribution in [0, 0.1) is 0 Å². The largest absolute Gasteiger partial charge is 0.493 e. The van der Waals surface area contributed by atoms with Crippen molar-refractivity contribution in [3.05, 3.63) is 82.2 Å². The lowest BCUT2D eigenvalue weighted by atomic mass is 10.1. The number of aliphatic imine (C=N–C) groups is 2.